The number of hydrogen-bond donors (Lipinski definition) is 1. The minimum Gasteiger partial charge on any atom is -0.484 e. The number of carbonyl (C=O) groups is 2. The predicted molar refractivity (Wildman–Crippen MR) is 111 cm³/mol. The second-order valence-corrected chi connectivity index (χ2v) is 6.78. The van der Waals surface area contributed by atoms with Crippen LogP contribution in [0.3, 0.4) is 0 Å². The summed E-state index contributed by atoms with van der Waals surface area (Å²) >= 11 is 0. The fourth-order valence-electron chi connectivity index (χ4n) is 3.01. The Labute approximate surface area is 167 Å². The van der Waals surface area contributed by atoms with Crippen molar-refractivity contribution in [2.75, 3.05) is 13.2 Å². The minimum atomic E-state index is -0.528. The molecule has 0 spiro atoms. The standard InChI is InChI=1S/C23H30N2O3/c1-4-15-24-23(27)20(5-2)25(16-19-12-7-6-8-13-19)22(26)17-28-21-14-10-9-11-18(21)3/h6-14,20H,4-5,15-17H2,1-3H3,(H,24,27)/t20-/m1/s1. The molecule has 2 aromatic rings. The maximum absolute atomic E-state index is 13.0. The zero-order valence-corrected chi connectivity index (χ0v) is 17.0. The van der Waals surface area contributed by atoms with Crippen molar-refractivity contribution in [2.24, 2.45) is 0 Å². The SMILES string of the molecule is CCCNC(=O)[C@@H](CC)N(Cc1ccccc1)C(=O)COc1ccccc1C. The molecule has 150 valence electrons. The molecule has 0 aromatic heterocycles. The van der Waals surface area contributed by atoms with Gasteiger partial charge in [-0.05, 0) is 37.0 Å². The van der Waals surface area contributed by atoms with Crippen LogP contribution in [-0.2, 0) is 16.1 Å². The molecule has 0 fully saturated rings. The molecule has 5 nitrogen and oxygen atoms in total. The summed E-state index contributed by atoms with van der Waals surface area (Å²) in [5, 5.41) is 2.91. The van der Waals surface area contributed by atoms with Gasteiger partial charge in [-0.25, -0.2) is 0 Å². The molecule has 2 aromatic carbocycles. The van der Waals surface area contributed by atoms with Crippen LogP contribution >= 0.6 is 0 Å². The van der Waals surface area contributed by atoms with E-state index in [9.17, 15) is 9.59 Å². The Kier molecular flexibility index (Phi) is 8.53. The Morgan fingerprint density at radius 1 is 1.04 bits per heavy atom. The van der Waals surface area contributed by atoms with E-state index in [1.165, 1.54) is 0 Å². The molecule has 0 saturated heterocycles. The van der Waals surface area contributed by atoms with Gasteiger partial charge in [-0.3, -0.25) is 9.59 Å². The summed E-state index contributed by atoms with van der Waals surface area (Å²) in [5.41, 5.74) is 1.95. The number of aryl methyl sites for hydroxylation is 1. The zero-order valence-electron chi connectivity index (χ0n) is 17.0. The van der Waals surface area contributed by atoms with E-state index in [1.54, 1.807) is 4.90 Å². The van der Waals surface area contributed by atoms with Crippen LogP contribution in [0.15, 0.2) is 54.6 Å². The summed E-state index contributed by atoms with van der Waals surface area (Å²) in [6.45, 7) is 6.73. The van der Waals surface area contributed by atoms with E-state index in [0.29, 0.717) is 25.3 Å². The smallest absolute Gasteiger partial charge is 0.261 e. The van der Waals surface area contributed by atoms with Crippen molar-refractivity contribution < 1.29 is 14.3 Å². The van der Waals surface area contributed by atoms with Gasteiger partial charge in [0, 0.05) is 13.1 Å². The number of rotatable bonds is 10. The number of carbonyl (C=O) groups excluding carboxylic acids is 2. The van der Waals surface area contributed by atoms with Crippen molar-refractivity contribution in [2.45, 2.75) is 46.2 Å². The molecule has 0 unspecified atom stereocenters. The second kappa shape index (κ2) is 11.1. The molecule has 0 aliphatic carbocycles. The highest BCUT2D eigenvalue weighted by Gasteiger charge is 2.28. The molecule has 1 atom stereocenters. The van der Waals surface area contributed by atoms with Crippen LogP contribution in [0.5, 0.6) is 5.75 Å². The molecular formula is C23H30N2O3. The summed E-state index contributed by atoms with van der Waals surface area (Å²) in [4.78, 5) is 27.3. The van der Waals surface area contributed by atoms with Crippen LogP contribution in [-0.4, -0.2) is 35.9 Å². The first-order chi connectivity index (χ1) is 13.6. The van der Waals surface area contributed by atoms with Crippen molar-refractivity contribution in [3.63, 3.8) is 0 Å². The van der Waals surface area contributed by atoms with Crippen LogP contribution in [0.1, 0.15) is 37.8 Å². The highest BCUT2D eigenvalue weighted by atomic mass is 16.5. The lowest BCUT2D eigenvalue weighted by Crippen LogP contribution is -2.50. The van der Waals surface area contributed by atoms with Crippen LogP contribution in [0.2, 0.25) is 0 Å². The van der Waals surface area contributed by atoms with Gasteiger partial charge >= 0.3 is 0 Å². The third-order valence-corrected chi connectivity index (χ3v) is 4.58. The Morgan fingerprint density at radius 2 is 1.71 bits per heavy atom. The largest absolute Gasteiger partial charge is 0.484 e. The Bertz CT molecular complexity index is 761. The van der Waals surface area contributed by atoms with Gasteiger partial charge in [0.15, 0.2) is 6.61 Å². The number of ether oxygens (including phenoxy) is 1. The lowest BCUT2D eigenvalue weighted by atomic mass is 10.1. The quantitative estimate of drug-likeness (QED) is 0.681. The minimum absolute atomic E-state index is 0.102. The number of benzene rings is 2. The fraction of sp³-hybridized carbons (Fsp3) is 0.391. The number of para-hydroxylation sites is 1. The molecule has 5 heteroatoms. The van der Waals surface area contributed by atoms with E-state index in [0.717, 1.165) is 17.5 Å². The van der Waals surface area contributed by atoms with Crippen LogP contribution in [0, 0.1) is 6.92 Å². The third-order valence-electron chi connectivity index (χ3n) is 4.58. The van der Waals surface area contributed by atoms with Gasteiger partial charge in [0.25, 0.3) is 5.91 Å². The number of nitrogens with zero attached hydrogens (tertiary/aromatic N) is 1. The molecule has 2 rings (SSSR count). The van der Waals surface area contributed by atoms with Gasteiger partial charge < -0.3 is 15.0 Å². The average Bonchev–Trinajstić information content (AvgIpc) is 2.72. The molecular weight excluding hydrogens is 352 g/mol. The van der Waals surface area contributed by atoms with E-state index in [2.05, 4.69) is 5.32 Å². The second-order valence-electron chi connectivity index (χ2n) is 6.78. The summed E-state index contributed by atoms with van der Waals surface area (Å²) in [6.07, 6.45) is 1.39. The lowest BCUT2D eigenvalue weighted by molar-refractivity contribution is -0.143. The number of amides is 2. The van der Waals surface area contributed by atoms with E-state index in [-0.39, 0.29) is 18.4 Å². The normalized spacial score (nSPS) is 11.5. The van der Waals surface area contributed by atoms with Gasteiger partial charge in [-0.1, -0.05) is 62.4 Å². The lowest BCUT2D eigenvalue weighted by Gasteiger charge is -2.30. The topological polar surface area (TPSA) is 58.6 Å². The van der Waals surface area contributed by atoms with Gasteiger partial charge in [0.2, 0.25) is 5.91 Å². The molecule has 2 amide bonds. The van der Waals surface area contributed by atoms with Crippen LogP contribution < -0.4 is 10.1 Å². The van der Waals surface area contributed by atoms with Crippen molar-refractivity contribution in [3.05, 3.63) is 65.7 Å². The van der Waals surface area contributed by atoms with Crippen LogP contribution in [0.25, 0.3) is 0 Å². The third kappa shape index (κ3) is 6.12. The van der Waals surface area contributed by atoms with E-state index in [1.807, 2.05) is 75.4 Å². The van der Waals surface area contributed by atoms with Gasteiger partial charge in [-0.2, -0.15) is 0 Å². The Balaban J connectivity index is 2.17. The Hall–Kier alpha value is -2.82. The maximum Gasteiger partial charge on any atom is 0.261 e. The molecule has 0 aliphatic heterocycles. The van der Waals surface area contributed by atoms with E-state index >= 15 is 0 Å². The molecule has 0 bridgehead atoms. The summed E-state index contributed by atoms with van der Waals surface area (Å²) in [7, 11) is 0. The van der Waals surface area contributed by atoms with Crippen molar-refractivity contribution >= 4 is 11.8 Å². The fourth-order valence-corrected chi connectivity index (χ4v) is 3.01. The van der Waals surface area contributed by atoms with Crippen molar-refractivity contribution in [3.8, 4) is 5.75 Å². The highest BCUT2D eigenvalue weighted by Crippen LogP contribution is 2.17. The Morgan fingerprint density at radius 3 is 2.36 bits per heavy atom. The molecule has 28 heavy (non-hydrogen) atoms. The van der Waals surface area contributed by atoms with Crippen molar-refractivity contribution in [1.82, 2.24) is 10.2 Å². The highest BCUT2D eigenvalue weighted by molar-refractivity contribution is 5.88. The van der Waals surface area contributed by atoms with E-state index in [4.69, 9.17) is 4.74 Å². The molecule has 0 aliphatic rings. The summed E-state index contributed by atoms with van der Waals surface area (Å²) in [5.74, 6) is 0.356. The molecule has 1 N–H and O–H groups in total. The first-order valence-corrected chi connectivity index (χ1v) is 9.86. The van der Waals surface area contributed by atoms with Crippen LogP contribution in [0.4, 0.5) is 0 Å². The van der Waals surface area contributed by atoms with Crippen molar-refractivity contribution in [1.29, 1.82) is 0 Å². The summed E-state index contributed by atoms with van der Waals surface area (Å²) < 4.78 is 5.75. The predicted octanol–water partition coefficient (Wildman–Crippen LogP) is 3.71. The maximum atomic E-state index is 13.0. The first kappa shape index (κ1) is 21.5. The van der Waals surface area contributed by atoms with Gasteiger partial charge in [0.1, 0.15) is 11.8 Å². The summed E-state index contributed by atoms with van der Waals surface area (Å²) in [6, 6.07) is 16.8. The van der Waals surface area contributed by atoms with E-state index < -0.39 is 6.04 Å². The average molecular weight is 383 g/mol. The first-order valence-electron chi connectivity index (χ1n) is 9.86. The molecule has 0 saturated carbocycles. The monoisotopic (exact) mass is 382 g/mol. The zero-order chi connectivity index (χ0) is 20.4. The number of hydrogen-bond acceptors (Lipinski definition) is 3. The molecule has 0 radical (unpaired) electrons. The van der Waals surface area contributed by atoms with Gasteiger partial charge in [-0.15, -0.1) is 0 Å². The number of nitrogens with one attached hydrogen (secondary N) is 1. The van der Waals surface area contributed by atoms with Gasteiger partial charge in [0.05, 0.1) is 0 Å². The molecule has 0 heterocycles.